The highest BCUT2D eigenvalue weighted by Gasteiger charge is 2.25. The highest BCUT2D eigenvalue weighted by molar-refractivity contribution is 5.64. The topological polar surface area (TPSA) is 58.6 Å². The number of amides is 1. The third-order valence-electron chi connectivity index (χ3n) is 2.38. The fourth-order valence-electron chi connectivity index (χ4n) is 1.69. The maximum Gasteiger partial charge on any atom is 0.404 e. The maximum atomic E-state index is 10.4. The maximum absolute atomic E-state index is 10.4. The lowest BCUT2D eigenvalue weighted by molar-refractivity contribution is 0.0780. The fraction of sp³-hybridized carbons (Fsp3) is 0.700. The Labute approximate surface area is 83.9 Å². The molecule has 2 atom stereocenters. The average Bonchev–Trinajstić information content (AvgIpc) is 2.52. The summed E-state index contributed by atoms with van der Waals surface area (Å²) in [6.07, 6.45) is 5.80. The third-order valence-corrected chi connectivity index (χ3v) is 2.38. The summed E-state index contributed by atoms with van der Waals surface area (Å²) >= 11 is 0. The molecule has 4 heteroatoms. The van der Waals surface area contributed by atoms with Gasteiger partial charge in [0.2, 0.25) is 0 Å². The molecule has 4 nitrogen and oxygen atoms in total. The van der Waals surface area contributed by atoms with Crippen molar-refractivity contribution < 1.29 is 14.6 Å². The van der Waals surface area contributed by atoms with Crippen LogP contribution in [0.15, 0.2) is 12.2 Å². The summed E-state index contributed by atoms with van der Waals surface area (Å²) in [5.41, 5.74) is 0. The van der Waals surface area contributed by atoms with Gasteiger partial charge >= 0.3 is 6.09 Å². The molecule has 0 spiro atoms. The van der Waals surface area contributed by atoms with Crippen LogP contribution < -0.4 is 5.32 Å². The molecule has 14 heavy (non-hydrogen) atoms. The van der Waals surface area contributed by atoms with E-state index >= 15 is 0 Å². The van der Waals surface area contributed by atoms with Gasteiger partial charge in [0.1, 0.15) is 0 Å². The third kappa shape index (κ3) is 3.79. The second-order valence-electron chi connectivity index (χ2n) is 3.48. The molecular formula is C10H17NO3. The van der Waals surface area contributed by atoms with Gasteiger partial charge in [-0.1, -0.05) is 12.2 Å². The summed E-state index contributed by atoms with van der Waals surface area (Å²) in [5.74, 6) is 0. The standard InChI is InChI=1S/C10H17NO3/c1-2-3-6-14-9-5-4-8(7-9)11-10(12)13/h2-3,8-9,11H,4-7H2,1H3,(H,12,13)/t8-,9+/m1/s1. The number of hydrogen-bond acceptors (Lipinski definition) is 2. The Morgan fingerprint density at radius 3 is 3.07 bits per heavy atom. The molecular weight excluding hydrogens is 182 g/mol. The van der Waals surface area contributed by atoms with Gasteiger partial charge in [-0.2, -0.15) is 0 Å². The van der Waals surface area contributed by atoms with E-state index in [9.17, 15) is 4.79 Å². The zero-order valence-electron chi connectivity index (χ0n) is 8.40. The fourth-order valence-corrected chi connectivity index (χ4v) is 1.69. The van der Waals surface area contributed by atoms with E-state index in [0.29, 0.717) is 6.61 Å². The second kappa shape index (κ2) is 5.65. The molecule has 1 aliphatic rings. The lowest BCUT2D eigenvalue weighted by Gasteiger charge is -2.11. The monoisotopic (exact) mass is 199 g/mol. The minimum Gasteiger partial charge on any atom is -0.465 e. The summed E-state index contributed by atoms with van der Waals surface area (Å²) in [6.45, 7) is 2.58. The summed E-state index contributed by atoms with van der Waals surface area (Å²) in [5, 5.41) is 11.0. The van der Waals surface area contributed by atoms with Gasteiger partial charge in [0.25, 0.3) is 0 Å². The zero-order valence-corrected chi connectivity index (χ0v) is 8.40. The Hall–Kier alpha value is -1.03. The molecule has 0 bridgehead atoms. The van der Waals surface area contributed by atoms with Gasteiger partial charge in [0.15, 0.2) is 0 Å². The van der Waals surface area contributed by atoms with Crippen LogP contribution in [-0.4, -0.2) is 30.0 Å². The smallest absolute Gasteiger partial charge is 0.404 e. The van der Waals surface area contributed by atoms with E-state index in [1.807, 2.05) is 19.1 Å². The van der Waals surface area contributed by atoms with Crippen molar-refractivity contribution in [2.24, 2.45) is 0 Å². The molecule has 0 saturated heterocycles. The first-order valence-corrected chi connectivity index (χ1v) is 4.94. The average molecular weight is 199 g/mol. The van der Waals surface area contributed by atoms with Crippen molar-refractivity contribution in [3.8, 4) is 0 Å². The number of carboxylic acid groups (broad SMARTS) is 1. The number of allylic oxidation sites excluding steroid dienone is 1. The number of carbonyl (C=O) groups is 1. The molecule has 1 saturated carbocycles. The largest absolute Gasteiger partial charge is 0.465 e. The van der Waals surface area contributed by atoms with E-state index in [-0.39, 0.29) is 12.1 Å². The molecule has 0 radical (unpaired) electrons. The van der Waals surface area contributed by atoms with E-state index in [1.54, 1.807) is 0 Å². The summed E-state index contributed by atoms with van der Waals surface area (Å²) in [6, 6.07) is 0.0723. The predicted octanol–water partition coefficient (Wildman–Crippen LogP) is 1.77. The van der Waals surface area contributed by atoms with Gasteiger partial charge in [-0.3, -0.25) is 0 Å². The van der Waals surface area contributed by atoms with Crippen molar-refractivity contribution in [3.63, 3.8) is 0 Å². The molecule has 1 fully saturated rings. The minimum absolute atomic E-state index is 0.0723. The number of nitrogens with one attached hydrogen (secondary N) is 1. The van der Waals surface area contributed by atoms with Crippen LogP contribution in [-0.2, 0) is 4.74 Å². The molecule has 0 heterocycles. The molecule has 0 unspecified atom stereocenters. The number of ether oxygens (including phenoxy) is 1. The summed E-state index contributed by atoms with van der Waals surface area (Å²) in [7, 11) is 0. The minimum atomic E-state index is -0.941. The van der Waals surface area contributed by atoms with Gasteiger partial charge < -0.3 is 15.2 Å². The van der Waals surface area contributed by atoms with E-state index < -0.39 is 6.09 Å². The Balaban J connectivity index is 2.17. The van der Waals surface area contributed by atoms with Crippen LogP contribution in [0.25, 0.3) is 0 Å². The van der Waals surface area contributed by atoms with Crippen LogP contribution >= 0.6 is 0 Å². The van der Waals surface area contributed by atoms with Crippen molar-refractivity contribution in [2.75, 3.05) is 6.61 Å². The first-order valence-electron chi connectivity index (χ1n) is 4.94. The summed E-state index contributed by atoms with van der Waals surface area (Å²) < 4.78 is 5.54. The second-order valence-corrected chi connectivity index (χ2v) is 3.48. The van der Waals surface area contributed by atoms with E-state index in [0.717, 1.165) is 19.3 Å². The van der Waals surface area contributed by atoms with E-state index in [4.69, 9.17) is 9.84 Å². The SMILES string of the molecule is CC=CCO[C@H]1CC[C@@H](NC(=O)O)C1. The predicted molar refractivity (Wildman–Crippen MR) is 53.4 cm³/mol. The zero-order chi connectivity index (χ0) is 10.4. The molecule has 1 rings (SSSR count). The highest BCUT2D eigenvalue weighted by Crippen LogP contribution is 2.21. The Bertz CT molecular complexity index is 215. The van der Waals surface area contributed by atoms with Gasteiger partial charge in [-0.15, -0.1) is 0 Å². The van der Waals surface area contributed by atoms with Crippen molar-refractivity contribution in [3.05, 3.63) is 12.2 Å². The van der Waals surface area contributed by atoms with Crippen molar-refractivity contribution in [1.82, 2.24) is 5.32 Å². The number of hydrogen-bond donors (Lipinski definition) is 2. The van der Waals surface area contributed by atoms with Crippen LogP contribution in [0.4, 0.5) is 4.79 Å². The van der Waals surface area contributed by atoms with Crippen LogP contribution in [0.1, 0.15) is 26.2 Å². The van der Waals surface area contributed by atoms with Gasteiger partial charge in [0, 0.05) is 6.04 Å². The molecule has 0 aromatic carbocycles. The Morgan fingerprint density at radius 1 is 1.64 bits per heavy atom. The molecule has 0 aromatic rings. The van der Waals surface area contributed by atoms with Crippen molar-refractivity contribution in [2.45, 2.75) is 38.3 Å². The Kier molecular flexibility index (Phi) is 4.46. The van der Waals surface area contributed by atoms with Crippen molar-refractivity contribution in [1.29, 1.82) is 0 Å². The lowest BCUT2D eigenvalue weighted by Crippen LogP contribution is -2.31. The summed E-state index contributed by atoms with van der Waals surface area (Å²) in [4.78, 5) is 10.4. The normalized spacial score (nSPS) is 26.9. The van der Waals surface area contributed by atoms with Crippen LogP contribution in [0.3, 0.4) is 0 Å². The Morgan fingerprint density at radius 2 is 2.43 bits per heavy atom. The quantitative estimate of drug-likeness (QED) is 0.678. The van der Waals surface area contributed by atoms with Gasteiger partial charge in [-0.05, 0) is 26.2 Å². The first kappa shape index (κ1) is 11.0. The van der Waals surface area contributed by atoms with Gasteiger partial charge in [0.05, 0.1) is 12.7 Å². The van der Waals surface area contributed by atoms with Crippen LogP contribution in [0, 0.1) is 0 Å². The van der Waals surface area contributed by atoms with Crippen LogP contribution in [0.2, 0.25) is 0 Å². The van der Waals surface area contributed by atoms with Gasteiger partial charge in [-0.25, -0.2) is 4.79 Å². The van der Waals surface area contributed by atoms with Crippen molar-refractivity contribution >= 4 is 6.09 Å². The molecule has 0 aliphatic heterocycles. The number of rotatable bonds is 4. The molecule has 1 aliphatic carbocycles. The lowest BCUT2D eigenvalue weighted by atomic mass is 10.2. The molecule has 0 aromatic heterocycles. The first-order chi connectivity index (χ1) is 6.72. The molecule has 1 amide bonds. The van der Waals surface area contributed by atoms with E-state index in [1.165, 1.54) is 0 Å². The molecule has 80 valence electrons. The highest BCUT2D eigenvalue weighted by atomic mass is 16.5. The molecule has 2 N–H and O–H groups in total. The van der Waals surface area contributed by atoms with Crippen LogP contribution in [0.5, 0.6) is 0 Å². The van der Waals surface area contributed by atoms with E-state index in [2.05, 4.69) is 5.32 Å².